The molecule has 0 radical (unpaired) electrons. The number of hydrogen-bond acceptors (Lipinski definition) is 2. The Morgan fingerprint density at radius 2 is 0.580 bits per heavy atom. The molecule has 69 heavy (non-hydrogen) atoms. The average Bonchev–Trinajstić information content (AvgIpc) is 3.43. The standard InChI is InChI=1S/C67H52N2/c1-49-17-11-12-28-65(49)56-37-45-64(46-38-56)69(63-43-35-55(36-44-63)60-27-16-25-58(48-60)52-22-9-4-10-23-52)67-30-14-13-29-66(67)68(61-39-31-53(32-40-61)50-18-5-2-6-19-50)62-41-33-54(34-42-62)59-26-15-24-57(47-59)51-20-7-3-8-21-51/h2-16,18-49H,17H2,1H3. The summed E-state index contributed by atoms with van der Waals surface area (Å²) in [5.74, 6) is 0.464. The molecule has 0 bridgehead atoms. The van der Waals surface area contributed by atoms with Gasteiger partial charge in [-0.1, -0.05) is 213 Å². The van der Waals surface area contributed by atoms with E-state index in [0.717, 1.165) is 46.1 Å². The molecule has 11 rings (SSSR count). The van der Waals surface area contributed by atoms with Crippen LogP contribution in [-0.4, -0.2) is 0 Å². The summed E-state index contributed by atoms with van der Waals surface area (Å²) in [6, 6.07) is 94.5. The van der Waals surface area contributed by atoms with Crippen molar-refractivity contribution in [3.8, 4) is 55.6 Å². The van der Waals surface area contributed by atoms with Crippen LogP contribution in [0.1, 0.15) is 18.9 Å². The van der Waals surface area contributed by atoms with Gasteiger partial charge in [-0.15, -0.1) is 0 Å². The van der Waals surface area contributed by atoms with Gasteiger partial charge in [0.05, 0.1) is 11.4 Å². The van der Waals surface area contributed by atoms with E-state index in [0.29, 0.717) is 5.92 Å². The van der Waals surface area contributed by atoms with Crippen LogP contribution in [0.15, 0.2) is 279 Å². The minimum atomic E-state index is 0.464. The molecule has 0 heterocycles. The zero-order chi connectivity index (χ0) is 46.4. The lowest BCUT2D eigenvalue weighted by atomic mass is 9.88. The molecule has 0 amide bonds. The normalized spacial score (nSPS) is 13.1. The molecule has 0 spiro atoms. The highest BCUT2D eigenvalue weighted by molar-refractivity contribution is 5.92. The SMILES string of the molecule is CC1CC=CC=C1c1ccc(N(c2ccc(-c3cccc(-c4ccccc4)c3)cc2)c2ccccc2N(c2ccc(-c3ccccc3)cc2)c2ccc(-c3cccc(-c4ccccc4)c3)cc2)cc1. The zero-order valence-corrected chi connectivity index (χ0v) is 38.7. The van der Waals surface area contributed by atoms with Crippen LogP contribution >= 0.6 is 0 Å². The Kier molecular flexibility index (Phi) is 12.2. The van der Waals surface area contributed by atoms with Crippen molar-refractivity contribution >= 4 is 39.7 Å². The predicted molar refractivity (Wildman–Crippen MR) is 294 cm³/mol. The molecule has 2 heteroatoms. The smallest absolute Gasteiger partial charge is 0.0702 e. The van der Waals surface area contributed by atoms with Crippen molar-refractivity contribution in [3.63, 3.8) is 0 Å². The molecule has 0 fully saturated rings. The van der Waals surface area contributed by atoms with Crippen molar-refractivity contribution in [2.24, 2.45) is 5.92 Å². The van der Waals surface area contributed by atoms with Crippen molar-refractivity contribution in [2.75, 3.05) is 9.80 Å². The first-order valence-corrected chi connectivity index (χ1v) is 24.0. The van der Waals surface area contributed by atoms with Gasteiger partial charge in [0.15, 0.2) is 0 Å². The molecule has 0 N–H and O–H groups in total. The summed E-state index contributed by atoms with van der Waals surface area (Å²) in [4.78, 5) is 4.82. The van der Waals surface area contributed by atoms with E-state index >= 15 is 0 Å². The van der Waals surface area contributed by atoms with E-state index in [1.54, 1.807) is 0 Å². The van der Waals surface area contributed by atoms with E-state index in [4.69, 9.17) is 0 Å². The van der Waals surface area contributed by atoms with Crippen LogP contribution in [0.5, 0.6) is 0 Å². The number of anilines is 6. The summed E-state index contributed by atoms with van der Waals surface area (Å²) in [6.45, 7) is 2.32. The Hall–Kier alpha value is -8.72. The maximum absolute atomic E-state index is 2.41. The van der Waals surface area contributed by atoms with Crippen molar-refractivity contribution in [2.45, 2.75) is 13.3 Å². The second kappa shape index (κ2) is 19.6. The van der Waals surface area contributed by atoms with Crippen molar-refractivity contribution in [1.82, 2.24) is 0 Å². The van der Waals surface area contributed by atoms with Gasteiger partial charge in [0.2, 0.25) is 0 Å². The highest BCUT2D eigenvalue weighted by Crippen LogP contribution is 2.47. The minimum absolute atomic E-state index is 0.464. The van der Waals surface area contributed by atoms with E-state index < -0.39 is 0 Å². The Morgan fingerprint density at radius 1 is 0.290 bits per heavy atom. The molecular weight excluding hydrogens is 833 g/mol. The zero-order valence-electron chi connectivity index (χ0n) is 38.7. The Bertz CT molecular complexity index is 3370. The van der Waals surface area contributed by atoms with Crippen LogP contribution in [0.4, 0.5) is 34.1 Å². The average molecular weight is 885 g/mol. The topological polar surface area (TPSA) is 6.48 Å². The van der Waals surface area contributed by atoms with Crippen molar-refractivity contribution in [3.05, 3.63) is 285 Å². The lowest BCUT2D eigenvalue weighted by Crippen LogP contribution is -2.17. The summed E-state index contributed by atoms with van der Waals surface area (Å²) in [7, 11) is 0. The van der Waals surface area contributed by atoms with Gasteiger partial charge in [0.25, 0.3) is 0 Å². The van der Waals surface area contributed by atoms with Crippen LogP contribution in [0.3, 0.4) is 0 Å². The summed E-state index contributed by atoms with van der Waals surface area (Å²) in [5, 5.41) is 0. The fourth-order valence-corrected chi connectivity index (χ4v) is 9.68. The van der Waals surface area contributed by atoms with E-state index in [1.165, 1.54) is 61.2 Å². The van der Waals surface area contributed by atoms with E-state index in [-0.39, 0.29) is 0 Å². The van der Waals surface area contributed by atoms with E-state index in [9.17, 15) is 0 Å². The molecule has 0 aliphatic heterocycles. The van der Waals surface area contributed by atoms with E-state index in [2.05, 4.69) is 296 Å². The molecule has 1 aliphatic rings. The van der Waals surface area contributed by atoms with Crippen LogP contribution < -0.4 is 9.80 Å². The maximum atomic E-state index is 2.41. The third-order valence-electron chi connectivity index (χ3n) is 13.3. The molecule has 10 aromatic carbocycles. The molecule has 1 aliphatic carbocycles. The van der Waals surface area contributed by atoms with Gasteiger partial charge in [-0.25, -0.2) is 0 Å². The molecular formula is C67H52N2. The fraction of sp³-hybridized carbons (Fsp3) is 0.0448. The third kappa shape index (κ3) is 9.22. The summed E-state index contributed by atoms with van der Waals surface area (Å²) in [6.07, 6.45) is 7.78. The number of para-hydroxylation sites is 2. The monoisotopic (exact) mass is 884 g/mol. The second-order valence-electron chi connectivity index (χ2n) is 17.8. The number of nitrogens with zero attached hydrogens (tertiary/aromatic N) is 2. The quantitative estimate of drug-likeness (QED) is 0.121. The van der Waals surface area contributed by atoms with Gasteiger partial charge < -0.3 is 9.80 Å². The largest absolute Gasteiger partial charge is 0.308 e. The third-order valence-corrected chi connectivity index (χ3v) is 13.3. The van der Waals surface area contributed by atoms with Gasteiger partial charge in [0.1, 0.15) is 0 Å². The molecule has 0 saturated heterocycles. The second-order valence-corrected chi connectivity index (χ2v) is 17.8. The Balaban J connectivity index is 1.03. The van der Waals surface area contributed by atoms with Crippen LogP contribution in [0.2, 0.25) is 0 Å². The summed E-state index contributed by atoms with van der Waals surface area (Å²) in [5.41, 5.74) is 20.9. The lowest BCUT2D eigenvalue weighted by molar-refractivity contribution is 0.758. The molecule has 0 aromatic heterocycles. The molecule has 10 aromatic rings. The predicted octanol–water partition coefficient (Wildman–Crippen LogP) is 18.9. The van der Waals surface area contributed by atoms with Crippen molar-refractivity contribution in [1.29, 1.82) is 0 Å². The fourth-order valence-electron chi connectivity index (χ4n) is 9.68. The van der Waals surface area contributed by atoms with Crippen molar-refractivity contribution < 1.29 is 0 Å². The lowest BCUT2D eigenvalue weighted by Gasteiger charge is -2.33. The summed E-state index contributed by atoms with van der Waals surface area (Å²) < 4.78 is 0. The summed E-state index contributed by atoms with van der Waals surface area (Å²) >= 11 is 0. The van der Waals surface area contributed by atoms with Gasteiger partial charge in [-0.3, -0.25) is 0 Å². The molecule has 1 atom stereocenters. The molecule has 1 unspecified atom stereocenters. The number of benzene rings is 10. The van der Waals surface area contributed by atoms with Gasteiger partial charge >= 0.3 is 0 Å². The van der Waals surface area contributed by atoms with Crippen LogP contribution in [0, 0.1) is 5.92 Å². The van der Waals surface area contributed by atoms with Gasteiger partial charge in [-0.2, -0.15) is 0 Å². The first kappa shape index (κ1) is 42.9. The Morgan fingerprint density at radius 3 is 0.942 bits per heavy atom. The molecule has 330 valence electrons. The van der Waals surface area contributed by atoms with Crippen LogP contribution in [-0.2, 0) is 0 Å². The van der Waals surface area contributed by atoms with Gasteiger partial charge in [-0.05, 0) is 152 Å². The Labute approximate surface area is 407 Å². The number of rotatable bonds is 12. The highest BCUT2D eigenvalue weighted by Gasteiger charge is 2.23. The number of hydrogen-bond donors (Lipinski definition) is 0. The minimum Gasteiger partial charge on any atom is -0.308 e. The molecule has 2 nitrogen and oxygen atoms in total. The molecule has 0 saturated carbocycles. The van der Waals surface area contributed by atoms with Gasteiger partial charge in [0, 0.05) is 22.7 Å². The first-order valence-electron chi connectivity index (χ1n) is 24.0. The highest BCUT2D eigenvalue weighted by atomic mass is 15.2. The van der Waals surface area contributed by atoms with E-state index in [1.807, 2.05) is 0 Å². The van der Waals surface area contributed by atoms with Crippen LogP contribution in [0.25, 0.3) is 61.2 Å². The first-order chi connectivity index (χ1) is 34.1. The maximum Gasteiger partial charge on any atom is 0.0702 e. The number of allylic oxidation sites excluding steroid dienone is 4.